The highest BCUT2D eigenvalue weighted by Gasteiger charge is 2.17. The highest BCUT2D eigenvalue weighted by Crippen LogP contribution is 2.36. The van der Waals surface area contributed by atoms with Crippen LogP contribution in [-0.2, 0) is 11.3 Å². The first-order chi connectivity index (χ1) is 13.5. The Bertz CT molecular complexity index is 847. The van der Waals surface area contributed by atoms with E-state index in [1.807, 2.05) is 38.1 Å². The smallest absolute Gasteiger partial charge is 0.260 e. The number of amides is 1. The van der Waals surface area contributed by atoms with E-state index in [0.717, 1.165) is 11.3 Å². The van der Waals surface area contributed by atoms with Crippen LogP contribution in [0.1, 0.15) is 25.0 Å². The summed E-state index contributed by atoms with van der Waals surface area (Å²) >= 11 is 3.39. The van der Waals surface area contributed by atoms with E-state index in [1.54, 1.807) is 24.1 Å². The zero-order valence-electron chi connectivity index (χ0n) is 16.2. The number of benzene rings is 2. The van der Waals surface area contributed by atoms with Gasteiger partial charge in [-0.2, -0.15) is 5.26 Å². The molecule has 2 aromatic rings. The van der Waals surface area contributed by atoms with E-state index < -0.39 is 0 Å². The quantitative estimate of drug-likeness (QED) is 0.578. The number of nitrogens with zero attached hydrogens (tertiary/aromatic N) is 2. The summed E-state index contributed by atoms with van der Waals surface area (Å²) < 4.78 is 17.0. The van der Waals surface area contributed by atoms with Gasteiger partial charge in [-0.15, -0.1) is 0 Å². The molecule has 0 unspecified atom stereocenters. The van der Waals surface area contributed by atoms with Crippen molar-refractivity contribution in [2.24, 2.45) is 0 Å². The number of carbonyl (C=O) groups excluding carboxylic acids is 1. The standard InChI is InChI=1S/C21H23BrN2O4/c1-4-24(13-15-6-8-17(26-3)9-7-15)20(25)14-28-21-18(22)10-16(12-23)11-19(21)27-5-2/h6-11H,4-5,13-14H2,1-3H3. The molecule has 0 bridgehead atoms. The second-order valence-corrected chi connectivity index (χ2v) is 6.73. The number of hydrogen-bond donors (Lipinski definition) is 0. The van der Waals surface area contributed by atoms with Crippen LogP contribution in [0.4, 0.5) is 0 Å². The lowest BCUT2D eigenvalue weighted by atomic mass is 10.2. The van der Waals surface area contributed by atoms with Crippen LogP contribution in [0.5, 0.6) is 17.2 Å². The van der Waals surface area contributed by atoms with E-state index in [-0.39, 0.29) is 12.5 Å². The molecule has 148 valence electrons. The molecule has 0 heterocycles. The fourth-order valence-electron chi connectivity index (χ4n) is 2.59. The van der Waals surface area contributed by atoms with Gasteiger partial charge in [0.05, 0.1) is 29.8 Å². The molecule has 1 amide bonds. The second-order valence-electron chi connectivity index (χ2n) is 5.87. The van der Waals surface area contributed by atoms with Crippen LogP contribution >= 0.6 is 15.9 Å². The molecule has 28 heavy (non-hydrogen) atoms. The minimum absolute atomic E-state index is 0.130. The van der Waals surface area contributed by atoms with Crippen LogP contribution in [-0.4, -0.2) is 37.7 Å². The van der Waals surface area contributed by atoms with Crippen LogP contribution in [0, 0.1) is 11.3 Å². The molecule has 0 saturated carbocycles. The number of likely N-dealkylation sites (N-methyl/N-ethyl adjacent to an activating group) is 1. The molecular weight excluding hydrogens is 424 g/mol. The molecule has 0 spiro atoms. The molecule has 0 aliphatic carbocycles. The lowest BCUT2D eigenvalue weighted by molar-refractivity contribution is -0.133. The Labute approximate surface area is 173 Å². The molecule has 7 heteroatoms. The van der Waals surface area contributed by atoms with Gasteiger partial charge in [-0.1, -0.05) is 12.1 Å². The van der Waals surface area contributed by atoms with E-state index in [4.69, 9.17) is 19.5 Å². The summed E-state index contributed by atoms with van der Waals surface area (Å²) in [5.41, 5.74) is 1.45. The summed E-state index contributed by atoms with van der Waals surface area (Å²) in [5, 5.41) is 9.11. The molecule has 0 aliphatic heterocycles. The number of hydrogen-bond acceptors (Lipinski definition) is 5. The Hall–Kier alpha value is -2.72. The number of carbonyl (C=O) groups is 1. The number of nitriles is 1. The van der Waals surface area contributed by atoms with Crippen molar-refractivity contribution in [2.75, 3.05) is 26.9 Å². The van der Waals surface area contributed by atoms with Crippen LogP contribution < -0.4 is 14.2 Å². The van der Waals surface area contributed by atoms with Crippen molar-refractivity contribution in [1.29, 1.82) is 5.26 Å². The SMILES string of the molecule is CCOc1cc(C#N)cc(Br)c1OCC(=O)N(CC)Cc1ccc(OC)cc1. The number of methoxy groups -OCH3 is 1. The first-order valence-electron chi connectivity index (χ1n) is 8.92. The Morgan fingerprint density at radius 2 is 1.89 bits per heavy atom. The summed E-state index contributed by atoms with van der Waals surface area (Å²) in [4.78, 5) is 14.4. The Morgan fingerprint density at radius 3 is 2.46 bits per heavy atom. The van der Waals surface area contributed by atoms with Gasteiger partial charge in [0, 0.05) is 19.2 Å². The average Bonchev–Trinajstić information content (AvgIpc) is 2.71. The molecule has 6 nitrogen and oxygen atoms in total. The van der Waals surface area contributed by atoms with Gasteiger partial charge >= 0.3 is 0 Å². The first kappa shape index (κ1) is 21.6. The molecule has 0 aromatic heterocycles. The van der Waals surface area contributed by atoms with Gasteiger partial charge in [0.1, 0.15) is 5.75 Å². The lowest BCUT2D eigenvalue weighted by Crippen LogP contribution is -2.34. The number of ether oxygens (including phenoxy) is 3. The summed E-state index contributed by atoms with van der Waals surface area (Å²) in [5.74, 6) is 1.47. The predicted octanol–water partition coefficient (Wildman–Crippen LogP) is 4.16. The van der Waals surface area contributed by atoms with Crippen molar-refractivity contribution in [3.63, 3.8) is 0 Å². The molecule has 0 saturated heterocycles. The summed E-state index contributed by atoms with van der Waals surface area (Å²) in [7, 11) is 1.62. The van der Waals surface area contributed by atoms with Gasteiger partial charge in [-0.25, -0.2) is 0 Å². The molecule has 0 radical (unpaired) electrons. The third kappa shape index (κ3) is 5.64. The highest BCUT2D eigenvalue weighted by atomic mass is 79.9. The molecule has 2 rings (SSSR count). The van der Waals surface area contributed by atoms with Crippen LogP contribution in [0.15, 0.2) is 40.9 Å². The fourth-order valence-corrected chi connectivity index (χ4v) is 3.14. The Kier molecular flexibility index (Phi) is 8.15. The van der Waals surface area contributed by atoms with E-state index >= 15 is 0 Å². The summed E-state index contributed by atoms with van der Waals surface area (Å²) in [6.45, 7) is 5.09. The monoisotopic (exact) mass is 446 g/mol. The number of rotatable bonds is 9. The van der Waals surface area contributed by atoms with Crippen molar-refractivity contribution >= 4 is 21.8 Å². The van der Waals surface area contributed by atoms with Crippen LogP contribution in [0.2, 0.25) is 0 Å². The second kappa shape index (κ2) is 10.6. The van der Waals surface area contributed by atoms with Crippen molar-refractivity contribution in [2.45, 2.75) is 20.4 Å². The van der Waals surface area contributed by atoms with Gasteiger partial charge in [-0.05, 0) is 53.5 Å². The summed E-state index contributed by atoms with van der Waals surface area (Å²) in [6.07, 6.45) is 0. The third-order valence-corrected chi connectivity index (χ3v) is 4.63. The van der Waals surface area contributed by atoms with Crippen LogP contribution in [0.25, 0.3) is 0 Å². The van der Waals surface area contributed by atoms with Crippen molar-refractivity contribution in [3.8, 4) is 23.3 Å². The number of halogens is 1. The predicted molar refractivity (Wildman–Crippen MR) is 110 cm³/mol. The van der Waals surface area contributed by atoms with Gasteiger partial charge < -0.3 is 19.1 Å². The van der Waals surface area contributed by atoms with Crippen molar-refractivity contribution < 1.29 is 19.0 Å². The lowest BCUT2D eigenvalue weighted by Gasteiger charge is -2.22. The first-order valence-corrected chi connectivity index (χ1v) is 9.71. The van der Waals surface area contributed by atoms with Gasteiger partial charge in [0.2, 0.25) is 0 Å². The van der Waals surface area contributed by atoms with E-state index in [0.29, 0.717) is 41.2 Å². The minimum Gasteiger partial charge on any atom is -0.497 e. The molecular formula is C21H23BrN2O4. The minimum atomic E-state index is -0.142. The van der Waals surface area contributed by atoms with E-state index in [2.05, 4.69) is 22.0 Å². The van der Waals surface area contributed by atoms with Crippen molar-refractivity contribution in [3.05, 3.63) is 52.0 Å². The zero-order valence-corrected chi connectivity index (χ0v) is 17.8. The third-order valence-electron chi connectivity index (χ3n) is 4.05. The molecule has 0 fully saturated rings. The zero-order chi connectivity index (χ0) is 20.5. The van der Waals surface area contributed by atoms with E-state index in [9.17, 15) is 4.79 Å². The largest absolute Gasteiger partial charge is 0.497 e. The maximum atomic E-state index is 12.6. The molecule has 0 atom stereocenters. The van der Waals surface area contributed by atoms with Gasteiger partial charge in [0.15, 0.2) is 18.1 Å². The molecule has 0 aliphatic rings. The normalized spacial score (nSPS) is 10.1. The topological polar surface area (TPSA) is 71.8 Å². The summed E-state index contributed by atoms with van der Waals surface area (Å²) in [6, 6.07) is 12.9. The maximum absolute atomic E-state index is 12.6. The maximum Gasteiger partial charge on any atom is 0.260 e. The highest BCUT2D eigenvalue weighted by molar-refractivity contribution is 9.10. The van der Waals surface area contributed by atoms with E-state index in [1.165, 1.54) is 0 Å². The van der Waals surface area contributed by atoms with Crippen molar-refractivity contribution in [1.82, 2.24) is 4.90 Å². The van der Waals surface area contributed by atoms with Gasteiger partial charge in [0.25, 0.3) is 5.91 Å². The van der Waals surface area contributed by atoms with Crippen LogP contribution in [0.3, 0.4) is 0 Å². The Morgan fingerprint density at radius 1 is 1.18 bits per heavy atom. The molecule has 2 aromatic carbocycles. The fraction of sp³-hybridized carbons (Fsp3) is 0.333. The molecule has 0 N–H and O–H groups in total. The average molecular weight is 447 g/mol. The Balaban J connectivity index is 2.07. The van der Waals surface area contributed by atoms with Gasteiger partial charge in [-0.3, -0.25) is 4.79 Å².